The summed E-state index contributed by atoms with van der Waals surface area (Å²) in [6, 6.07) is 0. The molecule has 1 aliphatic rings. The lowest BCUT2D eigenvalue weighted by Crippen LogP contribution is -2.46. The van der Waals surface area contributed by atoms with Crippen molar-refractivity contribution in [1.29, 1.82) is 0 Å². The van der Waals surface area contributed by atoms with Crippen LogP contribution in [-0.2, 0) is 18.3 Å². The molecule has 7 nitrogen and oxygen atoms in total. The summed E-state index contributed by atoms with van der Waals surface area (Å²) >= 11 is 0. The Morgan fingerprint density at radius 3 is 2.65 bits per heavy atom. The highest BCUT2D eigenvalue weighted by Crippen LogP contribution is 2.42. The second-order valence-corrected chi connectivity index (χ2v) is 6.37. The molecule has 7 heteroatoms. The second kappa shape index (κ2) is 8.29. The molecule has 130 valence electrons. The number of guanidine groups is 1. The van der Waals surface area contributed by atoms with Crippen molar-refractivity contribution in [2.24, 2.45) is 17.5 Å². The summed E-state index contributed by atoms with van der Waals surface area (Å²) in [6.45, 7) is 7.09. The number of nitrogens with zero attached hydrogens (tertiary/aromatic N) is 4. The molecule has 0 bridgehead atoms. The van der Waals surface area contributed by atoms with E-state index in [0.29, 0.717) is 18.6 Å². The molecule has 0 unspecified atom stereocenters. The Morgan fingerprint density at radius 1 is 1.35 bits per heavy atom. The standard InChI is InChI=1S/C16H30N6O/c1-5-16(7-6-8-16)12-19-15(17-9-10-23-4)18-11-14-21-20-13(2)22(14)3/h5-12H2,1-4H3,(H2,17,18,19). The molecule has 1 aliphatic carbocycles. The van der Waals surface area contributed by atoms with E-state index in [1.165, 1.54) is 25.7 Å². The molecule has 2 rings (SSSR count). The summed E-state index contributed by atoms with van der Waals surface area (Å²) in [5, 5.41) is 15.0. The molecule has 0 amide bonds. The van der Waals surface area contributed by atoms with Crippen LogP contribution in [0.5, 0.6) is 0 Å². The fourth-order valence-corrected chi connectivity index (χ4v) is 2.79. The molecule has 23 heavy (non-hydrogen) atoms. The molecule has 0 spiro atoms. The third-order valence-corrected chi connectivity index (χ3v) is 4.96. The number of hydrogen-bond acceptors (Lipinski definition) is 4. The van der Waals surface area contributed by atoms with Gasteiger partial charge in [0, 0.05) is 27.2 Å². The molecule has 1 saturated carbocycles. The molecule has 1 heterocycles. The van der Waals surface area contributed by atoms with Crippen LogP contribution in [0.1, 0.15) is 44.3 Å². The highest BCUT2D eigenvalue weighted by Gasteiger charge is 2.34. The van der Waals surface area contributed by atoms with Crippen LogP contribution in [0.15, 0.2) is 4.99 Å². The zero-order chi connectivity index (χ0) is 16.7. The smallest absolute Gasteiger partial charge is 0.191 e. The number of hydrogen-bond donors (Lipinski definition) is 2. The van der Waals surface area contributed by atoms with Gasteiger partial charge in [-0.05, 0) is 31.6 Å². The molecule has 1 aromatic heterocycles. The number of methoxy groups -OCH3 is 1. The fourth-order valence-electron chi connectivity index (χ4n) is 2.79. The Hall–Kier alpha value is -1.63. The van der Waals surface area contributed by atoms with Gasteiger partial charge < -0.3 is 19.9 Å². The van der Waals surface area contributed by atoms with E-state index in [1.54, 1.807) is 7.11 Å². The van der Waals surface area contributed by atoms with Crippen LogP contribution in [-0.4, -0.2) is 47.5 Å². The van der Waals surface area contributed by atoms with E-state index in [4.69, 9.17) is 4.74 Å². The first-order valence-corrected chi connectivity index (χ1v) is 8.46. The minimum Gasteiger partial charge on any atom is -0.383 e. The Kier molecular flexibility index (Phi) is 6.38. The topological polar surface area (TPSA) is 76.4 Å². The first-order chi connectivity index (χ1) is 11.1. The van der Waals surface area contributed by atoms with Crippen molar-refractivity contribution in [3.63, 3.8) is 0 Å². The summed E-state index contributed by atoms with van der Waals surface area (Å²) in [5.41, 5.74) is 0.449. The molecule has 0 radical (unpaired) electrons. The van der Waals surface area contributed by atoms with E-state index < -0.39 is 0 Å². The van der Waals surface area contributed by atoms with Gasteiger partial charge in [-0.25, -0.2) is 4.99 Å². The van der Waals surface area contributed by atoms with Gasteiger partial charge in [0.05, 0.1) is 6.61 Å². The molecule has 1 fully saturated rings. The normalized spacial score (nSPS) is 17.0. The SMILES string of the molecule is CCC1(CNC(=NCc2nnc(C)n2C)NCCOC)CCC1. The second-order valence-electron chi connectivity index (χ2n) is 6.37. The van der Waals surface area contributed by atoms with Crippen molar-refractivity contribution in [1.82, 2.24) is 25.4 Å². The number of aromatic nitrogens is 3. The predicted octanol–water partition coefficient (Wildman–Crippen LogP) is 1.39. The zero-order valence-corrected chi connectivity index (χ0v) is 14.9. The van der Waals surface area contributed by atoms with Crippen molar-refractivity contribution in [3.8, 4) is 0 Å². The molecule has 1 aromatic rings. The minimum absolute atomic E-state index is 0.449. The van der Waals surface area contributed by atoms with Crippen molar-refractivity contribution in [3.05, 3.63) is 11.6 Å². The van der Waals surface area contributed by atoms with Crippen molar-refractivity contribution in [2.75, 3.05) is 26.8 Å². The quantitative estimate of drug-likeness (QED) is 0.430. The molecular weight excluding hydrogens is 292 g/mol. The third-order valence-electron chi connectivity index (χ3n) is 4.96. The summed E-state index contributed by atoms with van der Waals surface area (Å²) in [7, 11) is 3.67. The van der Waals surface area contributed by atoms with Gasteiger partial charge >= 0.3 is 0 Å². The lowest BCUT2D eigenvalue weighted by Gasteiger charge is -2.41. The number of aliphatic imine (C=N–C) groups is 1. The summed E-state index contributed by atoms with van der Waals surface area (Å²) in [4.78, 5) is 4.65. The van der Waals surface area contributed by atoms with Crippen LogP contribution in [0, 0.1) is 12.3 Å². The molecule has 0 atom stereocenters. The molecule has 0 saturated heterocycles. The predicted molar refractivity (Wildman–Crippen MR) is 91.3 cm³/mol. The van der Waals surface area contributed by atoms with E-state index in [9.17, 15) is 0 Å². The molecule has 0 aromatic carbocycles. The average molecular weight is 322 g/mol. The Morgan fingerprint density at radius 2 is 2.13 bits per heavy atom. The van der Waals surface area contributed by atoms with Gasteiger partial charge in [-0.15, -0.1) is 10.2 Å². The van der Waals surface area contributed by atoms with E-state index in [-0.39, 0.29) is 0 Å². The summed E-state index contributed by atoms with van der Waals surface area (Å²) in [6.07, 6.45) is 5.18. The maximum Gasteiger partial charge on any atom is 0.191 e. The number of rotatable bonds is 8. The minimum atomic E-state index is 0.449. The van der Waals surface area contributed by atoms with Crippen molar-refractivity contribution >= 4 is 5.96 Å². The van der Waals surface area contributed by atoms with Crippen LogP contribution in [0.25, 0.3) is 0 Å². The van der Waals surface area contributed by atoms with Crippen LogP contribution in [0.2, 0.25) is 0 Å². The van der Waals surface area contributed by atoms with Gasteiger partial charge in [-0.1, -0.05) is 13.3 Å². The van der Waals surface area contributed by atoms with Gasteiger partial charge in [0.1, 0.15) is 12.4 Å². The summed E-state index contributed by atoms with van der Waals surface area (Å²) in [5.74, 6) is 2.59. The maximum absolute atomic E-state index is 5.10. The Labute approximate surface area is 138 Å². The fraction of sp³-hybridized carbons (Fsp3) is 0.812. The van der Waals surface area contributed by atoms with E-state index >= 15 is 0 Å². The van der Waals surface area contributed by atoms with Gasteiger partial charge in [-0.2, -0.15) is 0 Å². The van der Waals surface area contributed by atoms with Gasteiger partial charge in [0.2, 0.25) is 0 Å². The van der Waals surface area contributed by atoms with Gasteiger partial charge in [0.25, 0.3) is 0 Å². The molecular formula is C16H30N6O. The van der Waals surface area contributed by atoms with E-state index in [1.807, 2.05) is 18.5 Å². The third kappa shape index (κ3) is 4.67. The Balaban J connectivity index is 1.94. The highest BCUT2D eigenvalue weighted by atomic mass is 16.5. The highest BCUT2D eigenvalue weighted by molar-refractivity contribution is 5.79. The number of ether oxygens (including phenoxy) is 1. The number of nitrogens with one attached hydrogen (secondary N) is 2. The average Bonchev–Trinajstić information content (AvgIpc) is 2.83. The Bertz CT molecular complexity index is 515. The lowest BCUT2D eigenvalue weighted by molar-refractivity contribution is 0.131. The monoisotopic (exact) mass is 322 g/mol. The largest absolute Gasteiger partial charge is 0.383 e. The molecule has 0 aliphatic heterocycles. The van der Waals surface area contributed by atoms with Gasteiger partial charge in [0.15, 0.2) is 11.8 Å². The summed E-state index contributed by atoms with van der Waals surface area (Å²) < 4.78 is 7.07. The zero-order valence-electron chi connectivity index (χ0n) is 14.9. The van der Waals surface area contributed by atoms with Gasteiger partial charge in [-0.3, -0.25) is 0 Å². The van der Waals surface area contributed by atoms with Crippen molar-refractivity contribution in [2.45, 2.75) is 46.1 Å². The van der Waals surface area contributed by atoms with Crippen LogP contribution >= 0.6 is 0 Å². The van der Waals surface area contributed by atoms with Crippen LogP contribution < -0.4 is 10.6 Å². The van der Waals surface area contributed by atoms with Crippen LogP contribution in [0.3, 0.4) is 0 Å². The first kappa shape index (κ1) is 17.7. The van der Waals surface area contributed by atoms with E-state index in [2.05, 4.69) is 32.7 Å². The molecule has 2 N–H and O–H groups in total. The lowest BCUT2D eigenvalue weighted by atomic mass is 9.67. The number of aryl methyl sites for hydroxylation is 1. The van der Waals surface area contributed by atoms with Crippen LogP contribution in [0.4, 0.5) is 0 Å². The van der Waals surface area contributed by atoms with E-state index in [0.717, 1.165) is 30.7 Å². The van der Waals surface area contributed by atoms with Crippen molar-refractivity contribution < 1.29 is 4.74 Å². The first-order valence-electron chi connectivity index (χ1n) is 8.46. The maximum atomic E-state index is 5.10.